The van der Waals surface area contributed by atoms with Crippen molar-refractivity contribution in [1.82, 2.24) is 15.0 Å². The average molecular weight is 452 g/mol. The van der Waals surface area contributed by atoms with E-state index in [0.717, 1.165) is 27.1 Å². The van der Waals surface area contributed by atoms with Gasteiger partial charge in [-0.25, -0.2) is 4.98 Å². The molecule has 0 bridgehead atoms. The zero-order valence-corrected chi connectivity index (χ0v) is 15.8. The number of pyridine rings is 1. The van der Waals surface area contributed by atoms with Crippen molar-refractivity contribution in [2.75, 3.05) is 17.2 Å². The van der Waals surface area contributed by atoms with E-state index in [2.05, 4.69) is 48.2 Å². The van der Waals surface area contributed by atoms with Crippen molar-refractivity contribution in [2.45, 2.75) is 6.92 Å². The van der Waals surface area contributed by atoms with Crippen LogP contribution in [0.5, 0.6) is 0 Å². The van der Waals surface area contributed by atoms with Gasteiger partial charge in [-0.15, -0.1) is 0 Å². The van der Waals surface area contributed by atoms with Gasteiger partial charge in [0.1, 0.15) is 5.82 Å². The summed E-state index contributed by atoms with van der Waals surface area (Å²) in [6.07, 6.45) is 3.51. The van der Waals surface area contributed by atoms with Gasteiger partial charge in [-0.05, 0) is 59.8 Å². The first-order valence-corrected chi connectivity index (χ1v) is 8.87. The predicted molar refractivity (Wildman–Crippen MR) is 107 cm³/mol. The van der Waals surface area contributed by atoms with Gasteiger partial charge < -0.3 is 10.6 Å². The standard InChI is InChI=1S/C17H15ClIN5/c1-2-21-17-23-15(11-4-3-7-20-10-11)9-16(24-17)22-14-6-5-12(19)8-13(14)18/h3-10H,2H2,1H3,(H2,21,22,23,24). The highest BCUT2D eigenvalue weighted by Gasteiger charge is 2.08. The van der Waals surface area contributed by atoms with E-state index in [0.29, 0.717) is 16.8 Å². The Bertz CT molecular complexity index is 842. The van der Waals surface area contributed by atoms with E-state index in [1.807, 2.05) is 43.3 Å². The molecule has 3 rings (SSSR count). The Balaban J connectivity index is 1.99. The third kappa shape index (κ3) is 4.12. The molecular weight excluding hydrogens is 437 g/mol. The van der Waals surface area contributed by atoms with E-state index in [-0.39, 0.29) is 0 Å². The summed E-state index contributed by atoms with van der Waals surface area (Å²) in [5.41, 5.74) is 2.52. The van der Waals surface area contributed by atoms with Crippen molar-refractivity contribution in [3.8, 4) is 11.3 Å². The second kappa shape index (κ2) is 7.76. The molecule has 0 saturated heterocycles. The first kappa shape index (κ1) is 16.9. The van der Waals surface area contributed by atoms with Crippen LogP contribution in [0, 0.1) is 3.57 Å². The van der Waals surface area contributed by atoms with Crippen LogP contribution in [0.15, 0.2) is 48.8 Å². The van der Waals surface area contributed by atoms with Crippen LogP contribution in [0.1, 0.15) is 6.92 Å². The second-order valence-electron chi connectivity index (χ2n) is 4.98. The van der Waals surface area contributed by atoms with Crippen molar-refractivity contribution in [3.63, 3.8) is 0 Å². The molecule has 0 saturated carbocycles. The molecule has 2 N–H and O–H groups in total. The highest BCUT2D eigenvalue weighted by atomic mass is 127. The fraction of sp³-hybridized carbons (Fsp3) is 0.118. The van der Waals surface area contributed by atoms with E-state index in [1.165, 1.54) is 0 Å². The van der Waals surface area contributed by atoms with Gasteiger partial charge in [0.25, 0.3) is 0 Å². The first-order chi connectivity index (χ1) is 11.7. The Kier molecular flexibility index (Phi) is 5.47. The quantitative estimate of drug-likeness (QED) is 0.536. The summed E-state index contributed by atoms with van der Waals surface area (Å²) in [4.78, 5) is 13.2. The Morgan fingerprint density at radius 3 is 2.75 bits per heavy atom. The molecule has 0 atom stereocenters. The summed E-state index contributed by atoms with van der Waals surface area (Å²) in [6, 6.07) is 11.6. The Hall–Kier alpha value is -1.93. The average Bonchev–Trinajstić information content (AvgIpc) is 2.58. The number of rotatable bonds is 5. The first-order valence-electron chi connectivity index (χ1n) is 7.41. The predicted octanol–water partition coefficient (Wildman–Crippen LogP) is 4.97. The lowest BCUT2D eigenvalue weighted by molar-refractivity contribution is 1.09. The molecule has 0 spiro atoms. The molecule has 7 heteroatoms. The molecule has 0 aliphatic carbocycles. The van der Waals surface area contributed by atoms with Crippen LogP contribution in [0.4, 0.5) is 17.5 Å². The minimum Gasteiger partial charge on any atom is -0.354 e. The Labute approximate surface area is 159 Å². The van der Waals surface area contributed by atoms with Gasteiger partial charge in [0.05, 0.1) is 16.4 Å². The summed E-state index contributed by atoms with van der Waals surface area (Å²) in [5.74, 6) is 1.23. The molecule has 2 aromatic heterocycles. The molecule has 0 aliphatic rings. The minimum atomic E-state index is 0.558. The van der Waals surface area contributed by atoms with Crippen LogP contribution in [-0.2, 0) is 0 Å². The van der Waals surface area contributed by atoms with Gasteiger partial charge in [0, 0.05) is 34.1 Å². The Morgan fingerprint density at radius 2 is 2.04 bits per heavy atom. The van der Waals surface area contributed by atoms with Crippen molar-refractivity contribution in [3.05, 3.63) is 57.4 Å². The van der Waals surface area contributed by atoms with Crippen molar-refractivity contribution in [1.29, 1.82) is 0 Å². The number of benzene rings is 1. The van der Waals surface area contributed by atoms with Crippen LogP contribution in [0.3, 0.4) is 0 Å². The number of hydrogen-bond acceptors (Lipinski definition) is 5. The van der Waals surface area contributed by atoms with Gasteiger partial charge in [-0.2, -0.15) is 4.98 Å². The summed E-state index contributed by atoms with van der Waals surface area (Å²) < 4.78 is 1.08. The monoisotopic (exact) mass is 451 g/mol. The number of nitrogens with zero attached hydrogens (tertiary/aromatic N) is 3. The minimum absolute atomic E-state index is 0.558. The number of halogens is 2. The van der Waals surface area contributed by atoms with Crippen LogP contribution < -0.4 is 10.6 Å². The lowest BCUT2D eigenvalue weighted by Gasteiger charge is -2.12. The molecule has 122 valence electrons. The lowest BCUT2D eigenvalue weighted by Crippen LogP contribution is -2.05. The molecule has 24 heavy (non-hydrogen) atoms. The zero-order valence-electron chi connectivity index (χ0n) is 12.9. The van der Waals surface area contributed by atoms with E-state index >= 15 is 0 Å². The van der Waals surface area contributed by atoms with Gasteiger partial charge in [-0.1, -0.05) is 11.6 Å². The van der Waals surface area contributed by atoms with E-state index < -0.39 is 0 Å². The maximum absolute atomic E-state index is 6.30. The van der Waals surface area contributed by atoms with Crippen LogP contribution in [0.25, 0.3) is 11.3 Å². The molecule has 0 aliphatic heterocycles. The highest BCUT2D eigenvalue weighted by Crippen LogP contribution is 2.28. The van der Waals surface area contributed by atoms with E-state index in [9.17, 15) is 0 Å². The molecule has 5 nitrogen and oxygen atoms in total. The topological polar surface area (TPSA) is 62.7 Å². The van der Waals surface area contributed by atoms with Crippen LogP contribution in [0.2, 0.25) is 5.02 Å². The number of hydrogen-bond donors (Lipinski definition) is 2. The highest BCUT2D eigenvalue weighted by molar-refractivity contribution is 14.1. The molecule has 2 heterocycles. The van der Waals surface area contributed by atoms with Gasteiger partial charge in [0.2, 0.25) is 5.95 Å². The third-order valence-electron chi connectivity index (χ3n) is 3.21. The SMILES string of the molecule is CCNc1nc(Nc2ccc(I)cc2Cl)cc(-c2cccnc2)n1. The van der Waals surface area contributed by atoms with E-state index in [1.54, 1.807) is 12.4 Å². The van der Waals surface area contributed by atoms with Gasteiger partial charge >= 0.3 is 0 Å². The summed E-state index contributed by atoms with van der Waals surface area (Å²) in [6.45, 7) is 2.74. The molecular formula is C17H15ClIN5. The second-order valence-corrected chi connectivity index (χ2v) is 6.64. The molecule has 1 aromatic carbocycles. The molecule has 0 amide bonds. The maximum atomic E-state index is 6.30. The van der Waals surface area contributed by atoms with Gasteiger partial charge in [0.15, 0.2) is 0 Å². The summed E-state index contributed by atoms with van der Waals surface area (Å²) >= 11 is 8.53. The summed E-state index contributed by atoms with van der Waals surface area (Å²) in [5, 5.41) is 7.06. The van der Waals surface area contributed by atoms with Crippen molar-refractivity contribution < 1.29 is 0 Å². The van der Waals surface area contributed by atoms with Crippen LogP contribution >= 0.6 is 34.2 Å². The molecule has 0 fully saturated rings. The normalized spacial score (nSPS) is 10.5. The number of aromatic nitrogens is 3. The summed E-state index contributed by atoms with van der Waals surface area (Å²) in [7, 11) is 0. The van der Waals surface area contributed by atoms with Crippen molar-refractivity contribution >= 4 is 51.6 Å². The molecule has 3 aromatic rings. The third-order valence-corrected chi connectivity index (χ3v) is 4.20. The maximum Gasteiger partial charge on any atom is 0.225 e. The molecule has 0 radical (unpaired) electrons. The number of nitrogens with one attached hydrogen (secondary N) is 2. The molecule has 0 unspecified atom stereocenters. The fourth-order valence-corrected chi connectivity index (χ4v) is 3.04. The van der Waals surface area contributed by atoms with Crippen molar-refractivity contribution in [2.24, 2.45) is 0 Å². The van der Waals surface area contributed by atoms with Gasteiger partial charge in [-0.3, -0.25) is 4.98 Å². The Morgan fingerprint density at radius 1 is 1.17 bits per heavy atom. The number of anilines is 3. The zero-order chi connectivity index (χ0) is 16.9. The van der Waals surface area contributed by atoms with Crippen LogP contribution in [-0.4, -0.2) is 21.5 Å². The smallest absolute Gasteiger partial charge is 0.225 e. The lowest BCUT2D eigenvalue weighted by atomic mass is 10.2. The van der Waals surface area contributed by atoms with E-state index in [4.69, 9.17) is 11.6 Å². The fourth-order valence-electron chi connectivity index (χ4n) is 2.14. The largest absolute Gasteiger partial charge is 0.354 e.